The maximum atomic E-state index is 12.2. The Bertz CT molecular complexity index is 1690. The smallest absolute Gasteiger partial charge is 0.490 e. The van der Waals surface area contributed by atoms with Crippen LogP contribution in [0.15, 0.2) is 49.1 Å². The van der Waals surface area contributed by atoms with Crippen molar-refractivity contribution in [2.45, 2.75) is 25.6 Å². The van der Waals surface area contributed by atoms with Crippen molar-refractivity contribution in [3.8, 4) is 11.8 Å². The number of carboxylic acid groups (broad SMARTS) is 1. The lowest BCUT2D eigenvalue weighted by atomic mass is 10.0. The zero-order valence-electron chi connectivity index (χ0n) is 27.4. The Morgan fingerprint density at radius 3 is 2.32 bits per heavy atom. The summed E-state index contributed by atoms with van der Waals surface area (Å²) in [6, 6.07) is 12.0. The molecule has 0 aliphatic carbocycles. The van der Waals surface area contributed by atoms with Gasteiger partial charge in [0.2, 0.25) is 5.91 Å². The van der Waals surface area contributed by atoms with E-state index in [0.29, 0.717) is 69.9 Å². The summed E-state index contributed by atoms with van der Waals surface area (Å²) >= 11 is 0. The number of phenolic OH excluding ortho intramolecular Hbond substituents is 1. The highest BCUT2D eigenvalue weighted by Crippen LogP contribution is 2.40. The molecule has 2 aromatic carbocycles. The van der Waals surface area contributed by atoms with Crippen LogP contribution < -0.4 is 14.5 Å². The summed E-state index contributed by atoms with van der Waals surface area (Å²) in [5.74, 6) is -0.845. The molecule has 3 aromatic rings. The minimum atomic E-state index is -5.08. The number of alkyl halides is 3. The second-order valence-electron chi connectivity index (χ2n) is 12.2. The predicted molar refractivity (Wildman–Crippen MR) is 184 cm³/mol. The molecular weight excluding hydrogens is 681 g/mol. The van der Waals surface area contributed by atoms with Crippen molar-refractivity contribution in [3.05, 3.63) is 60.3 Å². The van der Waals surface area contributed by atoms with Crippen molar-refractivity contribution in [2.75, 3.05) is 80.3 Å². The van der Waals surface area contributed by atoms with Gasteiger partial charge in [-0.25, -0.2) is 4.79 Å². The number of nitrogens with zero attached hydrogens (tertiary/aromatic N) is 6. The Labute approximate surface area is 288 Å². The number of aromatic nitrogens is 2. The summed E-state index contributed by atoms with van der Waals surface area (Å²) in [5, 5.41) is 19.7. The standard InChI is InChI=1S/C31H40N6O5S.C2HF3O2/c1-2-29(39)35-11-13-36(14-12-35)30-26-8-10-37(28-21-24(38)20-23-6-3-4-7-25(23)28)22-27(26)32-31(33-30)42-17-5-9-34-15-18-43(40,41)19-16-34;3-2(4,5)1(6)7/h2-4,6-7,20-21,38,40-41H,1,5,8-19,22H2;(H,6,7). The number of carboxylic acids is 1. The van der Waals surface area contributed by atoms with Crippen LogP contribution in [0.25, 0.3) is 10.8 Å². The molecule has 2 saturated heterocycles. The first-order chi connectivity index (χ1) is 23.7. The highest BCUT2D eigenvalue weighted by atomic mass is 32.3. The number of aliphatic carboxylic acids is 1. The highest BCUT2D eigenvalue weighted by Gasteiger charge is 2.38. The first-order valence-corrected chi connectivity index (χ1v) is 18.0. The molecule has 0 saturated carbocycles. The zero-order chi connectivity index (χ0) is 36.1. The first-order valence-electron chi connectivity index (χ1n) is 16.2. The van der Waals surface area contributed by atoms with E-state index in [1.54, 1.807) is 6.07 Å². The van der Waals surface area contributed by atoms with Crippen molar-refractivity contribution < 1.29 is 46.8 Å². The van der Waals surface area contributed by atoms with E-state index in [2.05, 4.69) is 27.3 Å². The molecule has 272 valence electrons. The Kier molecular flexibility index (Phi) is 11.6. The van der Waals surface area contributed by atoms with Crippen LogP contribution in [0.2, 0.25) is 0 Å². The number of hydrogen-bond donors (Lipinski definition) is 4. The van der Waals surface area contributed by atoms with E-state index in [1.807, 2.05) is 29.2 Å². The number of rotatable bonds is 8. The molecule has 0 bridgehead atoms. The average Bonchev–Trinajstić information content (AvgIpc) is 3.09. The molecule has 0 atom stereocenters. The fourth-order valence-corrected chi connectivity index (χ4v) is 7.47. The largest absolute Gasteiger partial charge is 0.508 e. The summed E-state index contributed by atoms with van der Waals surface area (Å²) < 4.78 is 57.6. The zero-order valence-corrected chi connectivity index (χ0v) is 28.2. The molecule has 4 heterocycles. The van der Waals surface area contributed by atoms with Crippen LogP contribution in [-0.4, -0.2) is 128 Å². The molecule has 4 N–H and O–H groups in total. The summed E-state index contributed by atoms with van der Waals surface area (Å²) in [7, 11) is -2.40. The maximum Gasteiger partial charge on any atom is 0.490 e. The lowest BCUT2D eigenvalue weighted by Gasteiger charge is -2.40. The topological polar surface area (TPSA) is 163 Å². The number of amides is 1. The molecule has 3 aliphatic heterocycles. The van der Waals surface area contributed by atoms with Crippen molar-refractivity contribution in [1.29, 1.82) is 0 Å². The number of carbonyl (C=O) groups excluding carboxylic acids is 1. The van der Waals surface area contributed by atoms with E-state index < -0.39 is 22.7 Å². The summed E-state index contributed by atoms with van der Waals surface area (Å²) in [5.41, 5.74) is 2.98. The fraction of sp³-hybridized carbons (Fsp3) is 0.455. The van der Waals surface area contributed by atoms with Gasteiger partial charge in [0, 0.05) is 75.1 Å². The number of piperazine rings is 1. The highest BCUT2D eigenvalue weighted by molar-refractivity contribution is 8.24. The van der Waals surface area contributed by atoms with Crippen LogP contribution in [-0.2, 0) is 22.6 Å². The van der Waals surface area contributed by atoms with Gasteiger partial charge in [0.05, 0.1) is 30.4 Å². The van der Waals surface area contributed by atoms with Gasteiger partial charge in [-0.2, -0.15) is 33.7 Å². The van der Waals surface area contributed by atoms with Gasteiger partial charge in [-0.1, -0.05) is 30.8 Å². The number of halogens is 3. The Balaban J connectivity index is 0.000000630. The van der Waals surface area contributed by atoms with Gasteiger partial charge in [0.25, 0.3) is 0 Å². The second-order valence-corrected chi connectivity index (χ2v) is 14.6. The van der Waals surface area contributed by atoms with E-state index in [0.717, 1.165) is 59.5 Å². The number of carbonyl (C=O) groups is 2. The van der Waals surface area contributed by atoms with Crippen molar-refractivity contribution in [2.24, 2.45) is 0 Å². The normalized spacial score (nSPS) is 18.5. The van der Waals surface area contributed by atoms with Crippen LogP contribution in [0, 0.1) is 0 Å². The molecule has 0 unspecified atom stereocenters. The summed E-state index contributed by atoms with van der Waals surface area (Å²) in [6.07, 6.45) is -2.20. The summed E-state index contributed by atoms with van der Waals surface area (Å²) in [6.45, 7) is 10.1. The van der Waals surface area contributed by atoms with Crippen molar-refractivity contribution in [1.82, 2.24) is 19.8 Å². The molecule has 13 nitrogen and oxygen atoms in total. The van der Waals surface area contributed by atoms with E-state index in [4.69, 9.17) is 24.6 Å². The molecule has 1 amide bonds. The Morgan fingerprint density at radius 2 is 1.66 bits per heavy atom. The van der Waals surface area contributed by atoms with Gasteiger partial charge in [0.1, 0.15) is 11.6 Å². The van der Waals surface area contributed by atoms with Crippen LogP contribution in [0.4, 0.5) is 24.7 Å². The summed E-state index contributed by atoms with van der Waals surface area (Å²) in [4.78, 5) is 39.4. The quantitative estimate of drug-likeness (QED) is 0.194. The predicted octanol–water partition coefficient (Wildman–Crippen LogP) is 4.20. The number of benzene rings is 2. The molecule has 2 fully saturated rings. The van der Waals surface area contributed by atoms with Crippen LogP contribution in [0.3, 0.4) is 0 Å². The SMILES string of the molecule is C=CC(=O)N1CCN(c2nc(OCCCN3CCS(O)(O)CC3)nc3c2CCN(c2cc(O)cc4ccccc24)C3)CC1.O=C(O)C(F)(F)F. The lowest BCUT2D eigenvalue weighted by Crippen LogP contribution is -2.49. The third-order valence-electron chi connectivity index (χ3n) is 8.81. The first kappa shape index (κ1) is 36.9. The van der Waals surface area contributed by atoms with E-state index in [-0.39, 0.29) is 11.7 Å². The number of ether oxygens (including phenoxy) is 1. The number of hydrogen-bond acceptors (Lipinski definition) is 11. The van der Waals surface area contributed by atoms with Gasteiger partial charge in [-0.05, 0) is 30.4 Å². The molecular formula is C33H41F3N6O7S. The number of fused-ring (bicyclic) bond motifs is 2. The van der Waals surface area contributed by atoms with Gasteiger partial charge in [-0.15, -0.1) is 0 Å². The van der Waals surface area contributed by atoms with Crippen molar-refractivity contribution >= 4 is 44.7 Å². The van der Waals surface area contributed by atoms with Crippen LogP contribution >= 0.6 is 10.6 Å². The van der Waals surface area contributed by atoms with E-state index in [1.165, 1.54) is 6.08 Å². The Morgan fingerprint density at radius 1 is 0.980 bits per heavy atom. The molecule has 50 heavy (non-hydrogen) atoms. The third-order valence-corrected chi connectivity index (χ3v) is 10.5. The molecule has 1 aromatic heterocycles. The molecule has 17 heteroatoms. The molecule has 0 radical (unpaired) electrons. The number of anilines is 2. The second kappa shape index (κ2) is 15.7. The van der Waals surface area contributed by atoms with Crippen LogP contribution in [0.5, 0.6) is 11.8 Å². The third kappa shape index (κ3) is 9.26. The molecule has 6 rings (SSSR count). The molecule has 0 spiro atoms. The molecule has 3 aliphatic rings. The van der Waals surface area contributed by atoms with Crippen molar-refractivity contribution in [3.63, 3.8) is 0 Å². The average molecular weight is 723 g/mol. The fourth-order valence-electron chi connectivity index (χ4n) is 6.16. The Hall–Kier alpha value is -4.32. The monoisotopic (exact) mass is 722 g/mol. The van der Waals surface area contributed by atoms with Gasteiger partial charge < -0.3 is 34.5 Å². The van der Waals surface area contributed by atoms with Gasteiger partial charge in [0.15, 0.2) is 0 Å². The maximum absolute atomic E-state index is 12.2. The van der Waals surface area contributed by atoms with Gasteiger partial charge >= 0.3 is 18.2 Å². The number of phenols is 1. The van der Waals surface area contributed by atoms with E-state index in [9.17, 15) is 32.2 Å². The minimum absolute atomic E-state index is 0.0545. The minimum Gasteiger partial charge on any atom is -0.508 e. The van der Waals surface area contributed by atoms with Crippen LogP contribution in [0.1, 0.15) is 17.7 Å². The number of aromatic hydroxyl groups is 1. The van der Waals surface area contributed by atoms with Gasteiger partial charge in [-0.3, -0.25) is 13.9 Å². The lowest BCUT2D eigenvalue weighted by molar-refractivity contribution is -0.192. The van der Waals surface area contributed by atoms with E-state index >= 15 is 0 Å².